The minimum absolute atomic E-state index is 0. The van der Waals surface area contributed by atoms with E-state index >= 15 is 0 Å². The van der Waals surface area contributed by atoms with Crippen LogP contribution in [0.3, 0.4) is 0 Å². The first-order valence-corrected chi connectivity index (χ1v) is 20.2. The fraction of sp³-hybridized carbons (Fsp3) is 0.152. The van der Waals surface area contributed by atoms with E-state index in [0.717, 1.165) is 38.9 Å². The molecule has 23 heteroatoms. The van der Waals surface area contributed by atoms with E-state index in [0.29, 0.717) is 35.3 Å². The first-order valence-electron chi connectivity index (χ1n) is 15.0. The number of nitrogens with one attached hydrogen (secondary N) is 1. The Morgan fingerprint density at radius 2 is 1.23 bits per heavy atom. The van der Waals surface area contributed by atoms with Gasteiger partial charge in [0, 0.05) is 65.2 Å². The molecule has 2 saturated heterocycles. The molecular formula is C33H27Br2N6NaO9S5. The Kier molecular flexibility index (Phi) is 17.8. The van der Waals surface area contributed by atoms with Crippen LogP contribution in [0.15, 0.2) is 73.0 Å². The maximum Gasteiger partial charge on any atom is 1.00 e. The van der Waals surface area contributed by atoms with Crippen molar-refractivity contribution in [2.45, 2.75) is 18.4 Å². The van der Waals surface area contributed by atoms with Crippen LogP contribution in [0.25, 0.3) is 12.2 Å². The maximum absolute atomic E-state index is 12.1. The summed E-state index contributed by atoms with van der Waals surface area (Å²) in [6, 6.07) is 6.05. The van der Waals surface area contributed by atoms with Gasteiger partial charge < -0.3 is 38.2 Å². The number of halogens is 2. The van der Waals surface area contributed by atoms with E-state index in [1.807, 2.05) is 0 Å². The fourth-order valence-electron chi connectivity index (χ4n) is 4.28. The van der Waals surface area contributed by atoms with Crippen molar-refractivity contribution in [1.82, 2.24) is 29.7 Å². The van der Waals surface area contributed by atoms with Crippen molar-refractivity contribution in [3.05, 3.63) is 94.8 Å². The Hall–Kier alpha value is -3.06. The number of benzene rings is 2. The molecule has 4 heterocycles. The van der Waals surface area contributed by atoms with Gasteiger partial charge in [0.15, 0.2) is 27.8 Å². The van der Waals surface area contributed by atoms with Crippen molar-refractivity contribution in [1.29, 1.82) is 0 Å². The first kappa shape index (κ1) is 47.3. The number of nitrogens with zero attached hydrogens (tertiary/aromatic N) is 5. The summed E-state index contributed by atoms with van der Waals surface area (Å²) in [6.45, 7) is 0.246. The molecule has 6 rings (SSSR count). The monoisotopic (exact) mass is 992 g/mol. The molecular weight excluding hydrogens is 968 g/mol. The molecule has 3 N–H and O–H groups in total. The SMILES string of the molecule is CN1C(=O)S/C(=C\c2cc(OCc3cnc(=S)[nH]c3)c(O)cc2Br)C1=O.CN1C(=O)S/C(=C\c2cc(OCc3cnc(S(C)=O)nc3)c(O)cc2Br)C1=O.[Na+].[SH-]. The van der Waals surface area contributed by atoms with Crippen molar-refractivity contribution < 1.29 is 72.6 Å². The van der Waals surface area contributed by atoms with Crippen LogP contribution in [0.4, 0.5) is 9.59 Å². The van der Waals surface area contributed by atoms with Gasteiger partial charge in [-0.3, -0.25) is 33.2 Å². The summed E-state index contributed by atoms with van der Waals surface area (Å²) in [7, 11) is 1.58. The van der Waals surface area contributed by atoms with Crippen molar-refractivity contribution in [3.8, 4) is 23.0 Å². The number of aromatic hydroxyl groups is 2. The number of carbonyl (C=O) groups is 4. The summed E-state index contributed by atoms with van der Waals surface area (Å²) < 4.78 is 24.0. The van der Waals surface area contributed by atoms with Gasteiger partial charge in [0.1, 0.15) is 13.2 Å². The van der Waals surface area contributed by atoms with Crippen LogP contribution in [0.1, 0.15) is 22.3 Å². The van der Waals surface area contributed by atoms with Crippen molar-refractivity contribution >= 4 is 126 Å². The molecule has 15 nitrogen and oxygen atoms in total. The predicted octanol–water partition coefficient (Wildman–Crippen LogP) is 3.51. The maximum atomic E-state index is 12.1. The number of carbonyl (C=O) groups excluding carboxylic acids is 4. The average Bonchev–Trinajstić information content (AvgIpc) is 3.52. The number of thiol groups is 1. The zero-order chi connectivity index (χ0) is 39.3. The second-order valence-electron chi connectivity index (χ2n) is 11.0. The van der Waals surface area contributed by atoms with Gasteiger partial charge in [-0.05, 0) is 83.3 Å². The zero-order valence-electron chi connectivity index (χ0n) is 29.5. The number of hydrogen-bond acceptors (Lipinski definition) is 16. The minimum Gasteiger partial charge on any atom is -0.813 e. The summed E-state index contributed by atoms with van der Waals surface area (Å²) in [5.41, 5.74) is 2.54. The van der Waals surface area contributed by atoms with Crippen LogP contribution in [-0.2, 0) is 47.1 Å². The molecule has 2 aliphatic heterocycles. The Balaban J connectivity index is 0.000000291. The molecule has 2 aliphatic rings. The van der Waals surface area contributed by atoms with E-state index in [4.69, 9.17) is 21.7 Å². The first-order chi connectivity index (χ1) is 25.6. The number of rotatable bonds is 9. The molecule has 288 valence electrons. The van der Waals surface area contributed by atoms with Crippen LogP contribution < -0.4 is 39.0 Å². The van der Waals surface area contributed by atoms with Gasteiger partial charge in [-0.1, -0.05) is 31.9 Å². The summed E-state index contributed by atoms with van der Waals surface area (Å²) >= 11 is 13.2. The number of aromatic amines is 1. The number of thioether (sulfide) groups is 2. The number of likely N-dealkylation sites (N-methyl/N-ethyl adjacent to an activating group) is 2. The summed E-state index contributed by atoms with van der Waals surface area (Å²) in [5, 5.41) is 19.8. The number of phenolic OH excluding ortho intramolecular Hbond substituents is 2. The van der Waals surface area contributed by atoms with Gasteiger partial charge in [0.25, 0.3) is 22.3 Å². The van der Waals surface area contributed by atoms with E-state index in [1.165, 1.54) is 44.9 Å². The average molecular weight is 995 g/mol. The standard InChI is InChI=1S/C17H14BrN3O5S2.C16H12BrN3O4S2.Na.H2S/c1-21-15(23)14(27-17(21)24)4-10-3-13(12(22)5-11(10)18)26-8-9-6-19-16(20-7-9)28(2)25;1-20-14(22)13(26-16(20)23)3-9-2-12(11(21)4-10(9)17)24-7-8-5-18-15(25)19-6-8;;/h3-7,22H,8H2,1-2H3;2-6,21H,7H2,1H3,(H,18,19,25);;1H2/q;;+1;/p-1/b14-4-;13-3-;;. The quantitative estimate of drug-likeness (QED) is 0.0548. The third kappa shape index (κ3) is 12.0. The molecule has 4 aromatic rings. The minimum atomic E-state index is -1.27. The third-order valence-corrected chi connectivity index (χ3v) is 11.4. The molecule has 0 radical (unpaired) electrons. The number of imide groups is 2. The van der Waals surface area contributed by atoms with Crippen LogP contribution in [-0.4, -0.2) is 86.8 Å². The molecule has 0 saturated carbocycles. The van der Waals surface area contributed by atoms with E-state index in [1.54, 1.807) is 36.7 Å². The van der Waals surface area contributed by atoms with E-state index in [2.05, 4.69) is 51.8 Å². The molecule has 4 amide bonds. The molecule has 2 fully saturated rings. The van der Waals surface area contributed by atoms with Gasteiger partial charge in [-0.2, -0.15) is 0 Å². The Labute approximate surface area is 381 Å². The summed E-state index contributed by atoms with van der Waals surface area (Å²) in [6.07, 6.45) is 10.9. The fourth-order valence-corrected chi connectivity index (χ4v) is 7.32. The number of H-pyrrole nitrogens is 1. The topological polar surface area (TPSA) is 205 Å². The van der Waals surface area contributed by atoms with Gasteiger partial charge in [-0.25, -0.2) is 15.0 Å². The smallest absolute Gasteiger partial charge is 0.813 e. The molecule has 0 aliphatic carbocycles. The van der Waals surface area contributed by atoms with Gasteiger partial charge in [-0.15, -0.1) is 0 Å². The van der Waals surface area contributed by atoms with Crippen molar-refractivity contribution in [2.75, 3.05) is 20.4 Å². The predicted molar refractivity (Wildman–Crippen MR) is 220 cm³/mol. The Bertz CT molecular complexity index is 2310. The number of aromatic nitrogens is 4. The third-order valence-electron chi connectivity index (χ3n) is 7.16. The van der Waals surface area contributed by atoms with Gasteiger partial charge >= 0.3 is 29.6 Å². The number of phenols is 2. The second kappa shape index (κ2) is 21.1. The van der Waals surface area contributed by atoms with Gasteiger partial charge in [0.2, 0.25) is 5.16 Å². The van der Waals surface area contributed by atoms with Crippen LogP contribution >= 0.6 is 67.6 Å². The van der Waals surface area contributed by atoms with E-state index in [-0.39, 0.29) is 112 Å². The molecule has 1 atom stereocenters. The summed E-state index contributed by atoms with van der Waals surface area (Å²) in [4.78, 5) is 64.7. The normalized spacial score (nSPS) is 15.7. The van der Waals surface area contributed by atoms with Crippen LogP contribution in [0.2, 0.25) is 0 Å². The molecule has 0 spiro atoms. The molecule has 1 unspecified atom stereocenters. The van der Waals surface area contributed by atoms with Gasteiger partial charge in [0.05, 0.1) is 20.6 Å². The molecule has 2 aromatic carbocycles. The molecule has 2 aromatic heterocycles. The van der Waals surface area contributed by atoms with Crippen LogP contribution in [0, 0.1) is 4.77 Å². The number of hydrogen-bond donors (Lipinski definition) is 3. The van der Waals surface area contributed by atoms with E-state index < -0.39 is 10.8 Å². The Morgan fingerprint density at radius 1 is 0.804 bits per heavy atom. The largest absolute Gasteiger partial charge is 1.00 e. The number of ether oxygens (including phenoxy) is 2. The van der Waals surface area contributed by atoms with Crippen molar-refractivity contribution in [2.24, 2.45) is 0 Å². The molecule has 56 heavy (non-hydrogen) atoms. The van der Waals surface area contributed by atoms with Crippen LogP contribution in [0.5, 0.6) is 23.0 Å². The second-order valence-corrected chi connectivity index (χ2v) is 16.4. The van der Waals surface area contributed by atoms with E-state index in [9.17, 15) is 33.6 Å². The zero-order valence-corrected chi connectivity index (χ0v) is 38.8. The number of amides is 4. The molecule has 0 bridgehead atoms. The van der Waals surface area contributed by atoms with Crippen molar-refractivity contribution in [3.63, 3.8) is 0 Å². The Morgan fingerprint density at radius 3 is 1.61 bits per heavy atom. The summed E-state index contributed by atoms with van der Waals surface area (Å²) in [5.74, 6) is -0.490.